The van der Waals surface area contributed by atoms with Crippen LogP contribution in [0.3, 0.4) is 0 Å². The van der Waals surface area contributed by atoms with Gasteiger partial charge in [0.05, 0.1) is 23.6 Å². The molecular formula is C25H30N6O3. The lowest BCUT2D eigenvalue weighted by Gasteiger charge is -2.36. The molecule has 178 valence electrons. The van der Waals surface area contributed by atoms with E-state index in [-0.39, 0.29) is 17.7 Å². The topological polar surface area (TPSA) is 103 Å². The van der Waals surface area contributed by atoms with Crippen LogP contribution in [-0.4, -0.2) is 88.4 Å². The van der Waals surface area contributed by atoms with E-state index in [1.165, 1.54) is 6.33 Å². The minimum atomic E-state index is -0.391. The number of likely N-dealkylation sites (N-methyl/N-ethyl adjacent to an activating group) is 1. The molecule has 9 heteroatoms. The molecule has 1 amide bonds. The minimum Gasteiger partial charge on any atom is -0.366 e. The molecule has 34 heavy (non-hydrogen) atoms. The molecule has 2 aromatic heterocycles. The van der Waals surface area contributed by atoms with Gasteiger partial charge in [0.15, 0.2) is 5.78 Å². The summed E-state index contributed by atoms with van der Waals surface area (Å²) in [4.78, 5) is 42.1. The number of ether oxygens (including phenoxy) is 1. The Morgan fingerprint density at radius 2 is 1.88 bits per heavy atom. The molecule has 2 saturated heterocycles. The molecule has 5 rings (SSSR count). The molecule has 0 unspecified atom stereocenters. The van der Waals surface area contributed by atoms with Crippen molar-refractivity contribution < 1.29 is 14.3 Å². The van der Waals surface area contributed by atoms with Crippen LogP contribution in [0.15, 0.2) is 36.8 Å². The molecular weight excluding hydrogens is 432 g/mol. The smallest absolute Gasteiger partial charge is 0.251 e. The van der Waals surface area contributed by atoms with Crippen molar-refractivity contribution in [1.82, 2.24) is 24.8 Å². The zero-order valence-corrected chi connectivity index (χ0v) is 19.6. The van der Waals surface area contributed by atoms with Gasteiger partial charge in [-0.1, -0.05) is 24.3 Å². The molecule has 2 fully saturated rings. The van der Waals surface area contributed by atoms with Gasteiger partial charge < -0.3 is 24.8 Å². The number of aromatic nitrogens is 3. The molecule has 2 aliphatic rings. The third kappa shape index (κ3) is 4.41. The molecule has 0 saturated carbocycles. The number of nitrogens with one attached hydrogen (secondary N) is 2. The second kappa shape index (κ2) is 9.52. The number of rotatable bonds is 5. The largest absolute Gasteiger partial charge is 0.366 e. The number of ketones is 1. The van der Waals surface area contributed by atoms with Crippen molar-refractivity contribution in [3.63, 3.8) is 0 Å². The highest BCUT2D eigenvalue weighted by molar-refractivity contribution is 6.18. The zero-order valence-electron chi connectivity index (χ0n) is 19.6. The lowest BCUT2D eigenvalue weighted by Crippen LogP contribution is -2.52. The van der Waals surface area contributed by atoms with E-state index in [0.717, 1.165) is 38.2 Å². The summed E-state index contributed by atoms with van der Waals surface area (Å²) >= 11 is 0. The summed E-state index contributed by atoms with van der Waals surface area (Å²) in [5, 5.41) is 4.11. The summed E-state index contributed by atoms with van der Waals surface area (Å²) in [5.74, 6) is 0.619. The normalized spacial score (nSPS) is 21.5. The van der Waals surface area contributed by atoms with Crippen molar-refractivity contribution in [2.75, 3.05) is 45.2 Å². The van der Waals surface area contributed by atoms with Gasteiger partial charge in [-0.3, -0.25) is 9.59 Å². The highest BCUT2D eigenvalue weighted by Gasteiger charge is 2.32. The minimum absolute atomic E-state index is 0.00838. The Hall–Kier alpha value is -3.30. The number of hydrogen-bond acceptors (Lipinski definition) is 7. The number of nitrogens with zero attached hydrogens (tertiary/aromatic N) is 4. The van der Waals surface area contributed by atoms with Gasteiger partial charge in [-0.05, 0) is 32.4 Å². The summed E-state index contributed by atoms with van der Waals surface area (Å²) in [6.45, 7) is 5.62. The van der Waals surface area contributed by atoms with Crippen molar-refractivity contribution in [2.45, 2.75) is 31.9 Å². The molecule has 4 heterocycles. The van der Waals surface area contributed by atoms with Crippen molar-refractivity contribution in [3.8, 4) is 0 Å². The van der Waals surface area contributed by atoms with Crippen LogP contribution in [0.25, 0.3) is 11.0 Å². The van der Waals surface area contributed by atoms with E-state index < -0.39 is 6.10 Å². The third-order valence-electron chi connectivity index (χ3n) is 6.81. The van der Waals surface area contributed by atoms with Crippen LogP contribution in [-0.2, 0) is 9.53 Å². The molecule has 3 aromatic rings. The lowest BCUT2D eigenvalue weighted by molar-refractivity contribution is -0.148. The summed E-state index contributed by atoms with van der Waals surface area (Å²) in [6.07, 6.45) is 4.21. The highest BCUT2D eigenvalue weighted by Crippen LogP contribution is 2.28. The van der Waals surface area contributed by atoms with Crippen molar-refractivity contribution in [1.29, 1.82) is 0 Å². The number of aryl methyl sites for hydroxylation is 1. The van der Waals surface area contributed by atoms with Crippen molar-refractivity contribution in [3.05, 3.63) is 53.5 Å². The fourth-order valence-corrected chi connectivity index (χ4v) is 4.71. The molecule has 0 bridgehead atoms. The number of benzene rings is 1. The van der Waals surface area contributed by atoms with E-state index in [0.29, 0.717) is 41.0 Å². The van der Waals surface area contributed by atoms with E-state index >= 15 is 0 Å². The van der Waals surface area contributed by atoms with Crippen LogP contribution in [0.2, 0.25) is 0 Å². The van der Waals surface area contributed by atoms with Gasteiger partial charge in [0.2, 0.25) is 0 Å². The number of anilines is 1. The molecule has 0 radical (unpaired) electrons. The van der Waals surface area contributed by atoms with Crippen LogP contribution < -0.4 is 5.32 Å². The summed E-state index contributed by atoms with van der Waals surface area (Å²) < 4.78 is 5.98. The van der Waals surface area contributed by atoms with Gasteiger partial charge in [0.25, 0.3) is 5.91 Å². The number of piperazine rings is 1. The Morgan fingerprint density at radius 1 is 1.09 bits per heavy atom. The molecule has 0 aliphatic carbocycles. The number of aromatic amines is 1. The van der Waals surface area contributed by atoms with Crippen LogP contribution in [0.5, 0.6) is 0 Å². The van der Waals surface area contributed by atoms with Crippen LogP contribution in [0.4, 0.5) is 5.82 Å². The summed E-state index contributed by atoms with van der Waals surface area (Å²) in [5.41, 5.74) is 2.72. The summed E-state index contributed by atoms with van der Waals surface area (Å²) in [6, 6.07) is 7.54. The third-order valence-corrected chi connectivity index (χ3v) is 6.81. The van der Waals surface area contributed by atoms with Crippen LogP contribution in [0, 0.1) is 6.92 Å². The second-order valence-corrected chi connectivity index (χ2v) is 9.16. The maximum Gasteiger partial charge on any atom is 0.251 e. The number of carbonyl (C=O) groups excluding carboxylic acids is 2. The standard InChI is InChI=1S/C25H30N6O3/c1-16-5-3-4-6-18(16)22(32)19-13-26-23-21(19)24(28-15-27-23)29-17-7-8-20(34-14-17)25(33)31-11-9-30(2)10-12-31/h3-6,13,15,17,20H,7-12,14H2,1-2H3,(H2,26,27,28,29)/t17-,20+/m1/s1. The quantitative estimate of drug-likeness (QED) is 0.561. The predicted molar refractivity (Wildman–Crippen MR) is 129 cm³/mol. The first-order valence-corrected chi connectivity index (χ1v) is 11.8. The average molecular weight is 463 g/mol. The van der Waals surface area contributed by atoms with Crippen LogP contribution >= 0.6 is 0 Å². The highest BCUT2D eigenvalue weighted by atomic mass is 16.5. The van der Waals surface area contributed by atoms with E-state index in [1.807, 2.05) is 36.1 Å². The monoisotopic (exact) mass is 462 g/mol. The maximum absolute atomic E-state index is 13.3. The van der Waals surface area contributed by atoms with Crippen molar-refractivity contribution >= 4 is 28.5 Å². The Morgan fingerprint density at radius 3 is 2.62 bits per heavy atom. The lowest BCUT2D eigenvalue weighted by atomic mass is 9.99. The molecule has 2 aliphatic heterocycles. The van der Waals surface area contributed by atoms with Gasteiger partial charge in [-0.15, -0.1) is 0 Å². The Bertz CT molecular complexity index is 1190. The first-order chi connectivity index (χ1) is 16.5. The van der Waals surface area contributed by atoms with E-state index in [1.54, 1.807) is 6.20 Å². The summed E-state index contributed by atoms with van der Waals surface area (Å²) in [7, 11) is 2.07. The van der Waals surface area contributed by atoms with E-state index in [4.69, 9.17) is 4.74 Å². The molecule has 2 atom stereocenters. The van der Waals surface area contributed by atoms with Gasteiger partial charge >= 0.3 is 0 Å². The van der Waals surface area contributed by atoms with E-state index in [2.05, 4.69) is 32.2 Å². The maximum atomic E-state index is 13.3. The number of hydrogen-bond donors (Lipinski definition) is 2. The van der Waals surface area contributed by atoms with Gasteiger partial charge in [0.1, 0.15) is 23.9 Å². The Kier molecular flexibility index (Phi) is 6.30. The van der Waals surface area contributed by atoms with Crippen molar-refractivity contribution in [2.24, 2.45) is 0 Å². The molecule has 9 nitrogen and oxygen atoms in total. The fourth-order valence-electron chi connectivity index (χ4n) is 4.71. The van der Waals surface area contributed by atoms with Gasteiger partial charge in [0, 0.05) is 37.9 Å². The number of H-pyrrole nitrogens is 1. The number of carbonyl (C=O) groups is 2. The number of amides is 1. The SMILES string of the molecule is Cc1ccccc1C(=O)c1c[nH]c2ncnc(N[C@@H]3CC[C@@H](C(=O)N4CCN(C)CC4)OC3)c12. The first-order valence-electron chi connectivity index (χ1n) is 11.8. The number of fused-ring (bicyclic) bond motifs is 1. The second-order valence-electron chi connectivity index (χ2n) is 9.16. The molecule has 0 spiro atoms. The molecule has 1 aromatic carbocycles. The van der Waals surface area contributed by atoms with Crippen LogP contribution in [0.1, 0.15) is 34.3 Å². The van der Waals surface area contributed by atoms with E-state index in [9.17, 15) is 9.59 Å². The van der Waals surface area contributed by atoms with Gasteiger partial charge in [-0.2, -0.15) is 0 Å². The van der Waals surface area contributed by atoms with Gasteiger partial charge in [-0.25, -0.2) is 9.97 Å². The fraction of sp³-hybridized carbons (Fsp3) is 0.440. The first kappa shape index (κ1) is 22.5. The zero-order chi connectivity index (χ0) is 23.7. The Balaban J connectivity index is 1.29. The molecule has 2 N–H and O–H groups in total. The predicted octanol–water partition coefficient (Wildman–Crippen LogP) is 2.23. The Labute approximate surface area is 198 Å². The average Bonchev–Trinajstić information content (AvgIpc) is 3.30.